The van der Waals surface area contributed by atoms with Crippen LogP contribution < -0.4 is 15.1 Å². The number of benzene rings is 1. The van der Waals surface area contributed by atoms with Crippen LogP contribution in [0.4, 0.5) is 11.4 Å². The lowest BCUT2D eigenvalue weighted by Gasteiger charge is -2.16. The zero-order valence-electron chi connectivity index (χ0n) is 13.4. The summed E-state index contributed by atoms with van der Waals surface area (Å²) < 4.78 is 1.60. The summed E-state index contributed by atoms with van der Waals surface area (Å²) in [6.45, 7) is 2.98. The second-order valence-electron chi connectivity index (χ2n) is 5.79. The first-order valence-corrected chi connectivity index (χ1v) is 8.78. The lowest BCUT2D eigenvalue weighted by atomic mass is 10.2. The van der Waals surface area contributed by atoms with Crippen molar-refractivity contribution in [1.29, 1.82) is 0 Å². The molecule has 0 spiro atoms. The van der Waals surface area contributed by atoms with Gasteiger partial charge in [-0.15, -0.1) is 0 Å². The Hall–Kier alpha value is -2.41. The van der Waals surface area contributed by atoms with E-state index in [1.807, 2.05) is 19.1 Å². The van der Waals surface area contributed by atoms with Crippen LogP contribution in [-0.2, 0) is 16.1 Å². The average Bonchev–Trinajstić information content (AvgIpc) is 3.12. The molecule has 1 N–H and O–H groups in total. The van der Waals surface area contributed by atoms with Gasteiger partial charge in [-0.05, 0) is 37.6 Å². The Morgan fingerprint density at radius 2 is 2.00 bits per heavy atom. The van der Waals surface area contributed by atoms with Crippen molar-refractivity contribution >= 4 is 34.5 Å². The van der Waals surface area contributed by atoms with E-state index in [1.54, 1.807) is 27.0 Å². The summed E-state index contributed by atoms with van der Waals surface area (Å²) in [5.74, 6) is 0.000796. The molecule has 1 saturated heterocycles. The molecule has 24 heavy (non-hydrogen) atoms. The standard InChI is InChI=1S/C17H19N3O3S/c1-12-11-24-17(23)19(12)10-8-15(21)18-13-4-6-14(7-5-13)20-9-2-3-16(20)22/h4-7,11H,2-3,8-10H2,1H3,(H,18,21). The monoisotopic (exact) mass is 345 g/mol. The summed E-state index contributed by atoms with van der Waals surface area (Å²) in [6.07, 6.45) is 1.72. The number of aromatic nitrogens is 1. The molecule has 126 valence electrons. The lowest BCUT2D eigenvalue weighted by molar-refractivity contribution is -0.117. The highest BCUT2D eigenvalue weighted by Crippen LogP contribution is 2.23. The summed E-state index contributed by atoms with van der Waals surface area (Å²) in [7, 11) is 0. The number of nitrogens with one attached hydrogen (secondary N) is 1. The third-order valence-corrected chi connectivity index (χ3v) is 4.96. The zero-order valence-corrected chi connectivity index (χ0v) is 14.3. The molecule has 2 amide bonds. The van der Waals surface area contributed by atoms with Gasteiger partial charge >= 0.3 is 4.87 Å². The quantitative estimate of drug-likeness (QED) is 0.904. The van der Waals surface area contributed by atoms with Crippen molar-refractivity contribution in [3.8, 4) is 0 Å². The van der Waals surface area contributed by atoms with Gasteiger partial charge in [0.2, 0.25) is 11.8 Å². The normalized spacial score (nSPS) is 14.2. The number of anilines is 2. The molecule has 0 unspecified atom stereocenters. The minimum atomic E-state index is -0.141. The summed E-state index contributed by atoms with van der Waals surface area (Å²) >= 11 is 1.14. The predicted molar refractivity (Wildman–Crippen MR) is 94.6 cm³/mol. The Balaban J connectivity index is 1.56. The number of hydrogen-bond donors (Lipinski definition) is 1. The molecule has 1 aliphatic rings. The Kier molecular flexibility index (Phi) is 4.80. The maximum atomic E-state index is 12.0. The number of thiazole rings is 1. The van der Waals surface area contributed by atoms with E-state index in [1.165, 1.54) is 0 Å². The predicted octanol–water partition coefficient (Wildman–Crippen LogP) is 2.37. The first-order chi connectivity index (χ1) is 11.5. The number of carbonyl (C=O) groups excluding carboxylic acids is 2. The molecular weight excluding hydrogens is 326 g/mol. The number of hydrogen-bond acceptors (Lipinski definition) is 4. The van der Waals surface area contributed by atoms with Crippen molar-refractivity contribution < 1.29 is 9.59 Å². The highest BCUT2D eigenvalue weighted by Gasteiger charge is 2.21. The summed E-state index contributed by atoms with van der Waals surface area (Å²) in [5, 5.41) is 4.61. The number of rotatable bonds is 5. The molecular formula is C17H19N3O3S. The van der Waals surface area contributed by atoms with E-state index in [4.69, 9.17) is 0 Å². The molecule has 2 heterocycles. The molecule has 0 atom stereocenters. The fourth-order valence-corrected chi connectivity index (χ4v) is 3.52. The Bertz CT molecular complexity index is 807. The van der Waals surface area contributed by atoms with E-state index >= 15 is 0 Å². The molecule has 3 rings (SSSR count). The van der Waals surface area contributed by atoms with E-state index in [-0.39, 0.29) is 23.1 Å². The first kappa shape index (κ1) is 16.4. The van der Waals surface area contributed by atoms with Gasteiger partial charge in [0, 0.05) is 48.4 Å². The molecule has 7 heteroatoms. The topological polar surface area (TPSA) is 71.4 Å². The molecule has 1 aliphatic heterocycles. The van der Waals surface area contributed by atoms with Crippen LogP contribution >= 0.6 is 11.3 Å². The molecule has 0 saturated carbocycles. The zero-order chi connectivity index (χ0) is 17.1. The Morgan fingerprint density at radius 1 is 1.25 bits per heavy atom. The molecule has 1 fully saturated rings. The van der Waals surface area contributed by atoms with E-state index in [0.29, 0.717) is 18.7 Å². The van der Waals surface area contributed by atoms with Crippen LogP contribution in [0.3, 0.4) is 0 Å². The molecule has 0 bridgehead atoms. The molecule has 0 radical (unpaired) electrons. The van der Waals surface area contributed by atoms with Crippen LogP contribution in [0.2, 0.25) is 0 Å². The minimum Gasteiger partial charge on any atom is -0.326 e. The van der Waals surface area contributed by atoms with Gasteiger partial charge in [0.05, 0.1) is 0 Å². The molecule has 2 aromatic rings. The van der Waals surface area contributed by atoms with E-state index < -0.39 is 0 Å². The van der Waals surface area contributed by atoms with Gasteiger partial charge in [0.25, 0.3) is 0 Å². The van der Waals surface area contributed by atoms with Crippen molar-refractivity contribution in [1.82, 2.24) is 4.57 Å². The van der Waals surface area contributed by atoms with Gasteiger partial charge in [-0.2, -0.15) is 0 Å². The van der Waals surface area contributed by atoms with Crippen LogP contribution in [0.15, 0.2) is 34.4 Å². The van der Waals surface area contributed by atoms with Crippen molar-refractivity contribution in [3.63, 3.8) is 0 Å². The van der Waals surface area contributed by atoms with Crippen molar-refractivity contribution in [2.75, 3.05) is 16.8 Å². The summed E-state index contributed by atoms with van der Waals surface area (Å²) in [4.78, 5) is 37.1. The minimum absolute atomic E-state index is 0.0417. The fourth-order valence-electron chi connectivity index (χ4n) is 2.76. The number of carbonyl (C=O) groups is 2. The number of nitrogens with zero attached hydrogens (tertiary/aromatic N) is 2. The van der Waals surface area contributed by atoms with Crippen molar-refractivity contribution in [2.24, 2.45) is 0 Å². The first-order valence-electron chi connectivity index (χ1n) is 7.90. The van der Waals surface area contributed by atoms with Gasteiger partial charge in [-0.1, -0.05) is 11.3 Å². The third kappa shape index (κ3) is 3.56. The van der Waals surface area contributed by atoms with E-state index in [0.717, 1.165) is 35.7 Å². The summed E-state index contributed by atoms with van der Waals surface area (Å²) in [5.41, 5.74) is 2.41. The van der Waals surface area contributed by atoms with Crippen LogP contribution in [-0.4, -0.2) is 22.9 Å². The van der Waals surface area contributed by atoms with Gasteiger partial charge in [-0.3, -0.25) is 14.4 Å². The van der Waals surface area contributed by atoms with Crippen LogP contribution in [0.25, 0.3) is 0 Å². The highest BCUT2D eigenvalue weighted by molar-refractivity contribution is 7.07. The fraction of sp³-hybridized carbons (Fsp3) is 0.353. The number of amides is 2. The van der Waals surface area contributed by atoms with Gasteiger partial charge in [0.15, 0.2) is 0 Å². The van der Waals surface area contributed by atoms with Crippen LogP contribution in [0, 0.1) is 6.92 Å². The molecule has 1 aromatic heterocycles. The largest absolute Gasteiger partial charge is 0.326 e. The summed E-state index contributed by atoms with van der Waals surface area (Å²) in [6, 6.07) is 7.26. The highest BCUT2D eigenvalue weighted by atomic mass is 32.1. The van der Waals surface area contributed by atoms with Gasteiger partial charge < -0.3 is 14.8 Å². The SMILES string of the molecule is Cc1csc(=O)n1CCC(=O)Nc1ccc(N2CCCC2=O)cc1. The second-order valence-corrected chi connectivity index (χ2v) is 6.61. The van der Waals surface area contributed by atoms with Gasteiger partial charge in [-0.25, -0.2) is 0 Å². The maximum Gasteiger partial charge on any atom is 0.307 e. The second kappa shape index (κ2) is 7.00. The third-order valence-electron chi connectivity index (χ3n) is 4.08. The molecule has 0 aliphatic carbocycles. The van der Waals surface area contributed by atoms with E-state index in [2.05, 4.69) is 5.32 Å². The Morgan fingerprint density at radius 3 is 2.58 bits per heavy atom. The Labute approximate surface area is 143 Å². The maximum absolute atomic E-state index is 12.0. The molecule has 1 aromatic carbocycles. The van der Waals surface area contributed by atoms with Gasteiger partial charge in [0.1, 0.15) is 0 Å². The van der Waals surface area contributed by atoms with Crippen LogP contribution in [0.1, 0.15) is 25.0 Å². The van der Waals surface area contributed by atoms with Crippen molar-refractivity contribution in [2.45, 2.75) is 32.7 Å². The molecule has 6 nitrogen and oxygen atoms in total. The van der Waals surface area contributed by atoms with Crippen molar-refractivity contribution in [3.05, 3.63) is 45.0 Å². The average molecular weight is 345 g/mol. The van der Waals surface area contributed by atoms with E-state index in [9.17, 15) is 14.4 Å². The lowest BCUT2D eigenvalue weighted by Crippen LogP contribution is -2.23. The number of aryl methyl sites for hydroxylation is 1. The van der Waals surface area contributed by atoms with Crippen LogP contribution in [0.5, 0.6) is 0 Å². The smallest absolute Gasteiger partial charge is 0.307 e.